The maximum atomic E-state index is 12.9. The first-order valence-electron chi connectivity index (χ1n) is 8.11. The highest BCUT2D eigenvalue weighted by molar-refractivity contribution is 7.92. The van der Waals surface area contributed by atoms with Crippen molar-refractivity contribution in [1.29, 1.82) is 0 Å². The van der Waals surface area contributed by atoms with E-state index in [9.17, 15) is 8.42 Å². The Morgan fingerprint density at radius 1 is 1.12 bits per heavy atom. The summed E-state index contributed by atoms with van der Waals surface area (Å²) in [5.41, 5.74) is 1.18. The van der Waals surface area contributed by atoms with E-state index in [0.717, 1.165) is 5.56 Å². The second kappa shape index (κ2) is 7.57. The second-order valence-corrected chi connectivity index (χ2v) is 7.21. The molecule has 0 aliphatic carbocycles. The second-order valence-electron chi connectivity index (χ2n) is 5.55. The van der Waals surface area contributed by atoms with E-state index < -0.39 is 10.0 Å². The van der Waals surface area contributed by atoms with Crippen molar-refractivity contribution in [3.8, 4) is 5.75 Å². The Labute approximate surface area is 152 Å². The number of hydrogen-bond donors (Lipinski definition) is 1. The maximum absolute atomic E-state index is 12.9. The predicted octanol–water partition coefficient (Wildman–Crippen LogP) is 3.17. The minimum atomic E-state index is -3.82. The molecule has 2 aromatic carbocycles. The Balaban J connectivity index is 1.91. The summed E-state index contributed by atoms with van der Waals surface area (Å²) in [6.07, 6.45) is 0.326. The van der Waals surface area contributed by atoms with Crippen LogP contribution < -0.4 is 9.46 Å². The van der Waals surface area contributed by atoms with Crippen LogP contribution in [0, 0.1) is 6.92 Å². The van der Waals surface area contributed by atoms with E-state index >= 15 is 0 Å². The molecule has 3 aromatic rings. The molecule has 7 nitrogen and oxygen atoms in total. The average Bonchev–Trinajstić information content (AvgIpc) is 3.02. The molecular formula is C18H19N3O4S. The molecule has 136 valence electrons. The normalized spacial score (nSPS) is 11.3. The van der Waals surface area contributed by atoms with E-state index in [1.165, 1.54) is 6.07 Å². The third-order valence-corrected chi connectivity index (χ3v) is 5.02. The van der Waals surface area contributed by atoms with E-state index in [0.29, 0.717) is 36.2 Å². The quantitative estimate of drug-likeness (QED) is 0.684. The van der Waals surface area contributed by atoms with Gasteiger partial charge in [0.05, 0.1) is 18.7 Å². The molecule has 1 heterocycles. The molecule has 0 amide bonds. The van der Waals surface area contributed by atoms with Gasteiger partial charge in [-0.1, -0.05) is 35.5 Å². The number of rotatable bonds is 7. The number of aromatic nitrogens is 2. The topological polar surface area (TPSA) is 94.3 Å². The minimum absolute atomic E-state index is 0.0882. The highest BCUT2D eigenvalue weighted by Crippen LogP contribution is 2.27. The molecule has 0 saturated carbocycles. The smallest absolute Gasteiger partial charge is 0.265 e. The first kappa shape index (κ1) is 17.9. The van der Waals surface area contributed by atoms with Crippen LogP contribution >= 0.6 is 0 Å². The first-order chi connectivity index (χ1) is 12.5. The maximum Gasteiger partial charge on any atom is 0.265 e. The predicted molar refractivity (Wildman–Crippen MR) is 96.7 cm³/mol. The molecular weight excluding hydrogens is 354 g/mol. The lowest BCUT2D eigenvalue weighted by Crippen LogP contribution is -2.15. The molecule has 0 atom stereocenters. The van der Waals surface area contributed by atoms with Crippen LogP contribution in [0.15, 0.2) is 57.9 Å². The molecule has 0 aliphatic rings. The van der Waals surface area contributed by atoms with Gasteiger partial charge in [0.15, 0.2) is 5.82 Å². The lowest BCUT2D eigenvalue weighted by molar-refractivity contribution is 0.331. The van der Waals surface area contributed by atoms with Gasteiger partial charge in [0.2, 0.25) is 5.89 Å². The van der Waals surface area contributed by atoms with Crippen molar-refractivity contribution in [1.82, 2.24) is 10.1 Å². The highest BCUT2D eigenvalue weighted by Gasteiger charge is 2.21. The number of aryl methyl sites for hydroxylation is 1. The number of ether oxygens (including phenoxy) is 1. The van der Waals surface area contributed by atoms with Gasteiger partial charge in [-0.25, -0.2) is 8.42 Å². The fourth-order valence-electron chi connectivity index (χ4n) is 2.50. The van der Waals surface area contributed by atoms with Crippen LogP contribution in [0.2, 0.25) is 0 Å². The summed E-state index contributed by atoms with van der Waals surface area (Å²) in [6.45, 7) is 3.91. The van der Waals surface area contributed by atoms with Crippen molar-refractivity contribution < 1.29 is 17.7 Å². The molecule has 1 aromatic heterocycles. The van der Waals surface area contributed by atoms with Crippen LogP contribution in [0.1, 0.15) is 24.2 Å². The summed E-state index contributed by atoms with van der Waals surface area (Å²) in [4.78, 5) is 4.25. The molecule has 8 heteroatoms. The fraction of sp³-hybridized carbons (Fsp3) is 0.222. The van der Waals surface area contributed by atoms with Gasteiger partial charge in [0.1, 0.15) is 10.6 Å². The van der Waals surface area contributed by atoms with E-state index in [-0.39, 0.29) is 4.90 Å². The molecule has 0 aliphatic heterocycles. The zero-order valence-corrected chi connectivity index (χ0v) is 15.3. The van der Waals surface area contributed by atoms with Crippen molar-refractivity contribution in [2.45, 2.75) is 25.2 Å². The minimum Gasteiger partial charge on any atom is -0.492 e. The van der Waals surface area contributed by atoms with Crippen molar-refractivity contribution in [2.24, 2.45) is 0 Å². The van der Waals surface area contributed by atoms with E-state index in [1.54, 1.807) is 44.2 Å². The highest BCUT2D eigenvalue weighted by atomic mass is 32.2. The number of anilines is 1. The number of sulfonamides is 1. The van der Waals surface area contributed by atoms with Crippen LogP contribution in [0.5, 0.6) is 5.75 Å². The lowest BCUT2D eigenvalue weighted by Gasteiger charge is -2.14. The number of benzene rings is 2. The Hall–Kier alpha value is -2.87. The van der Waals surface area contributed by atoms with E-state index in [2.05, 4.69) is 14.9 Å². The average molecular weight is 373 g/mol. The van der Waals surface area contributed by atoms with Gasteiger partial charge in [0, 0.05) is 0 Å². The zero-order valence-electron chi connectivity index (χ0n) is 14.5. The molecule has 0 unspecified atom stereocenters. The number of para-hydroxylation sites is 2. The molecule has 0 bridgehead atoms. The molecule has 3 rings (SSSR count). The Morgan fingerprint density at radius 3 is 2.58 bits per heavy atom. The Morgan fingerprint density at radius 2 is 1.85 bits per heavy atom. The van der Waals surface area contributed by atoms with Crippen molar-refractivity contribution >= 4 is 15.7 Å². The molecule has 0 fully saturated rings. The fourth-order valence-corrected chi connectivity index (χ4v) is 3.74. The zero-order chi connectivity index (χ0) is 18.6. The summed E-state index contributed by atoms with van der Waals surface area (Å²) < 4.78 is 38.9. The molecule has 0 spiro atoms. The van der Waals surface area contributed by atoms with Gasteiger partial charge >= 0.3 is 0 Å². The van der Waals surface area contributed by atoms with Gasteiger partial charge < -0.3 is 9.26 Å². The summed E-state index contributed by atoms with van der Waals surface area (Å²) in [7, 11) is -3.82. The SMILES string of the molecule is CCOc1ccccc1S(=O)(=O)Nc1ccccc1Cc1nc(C)no1. The van der Waals surface area contributed by atoms with Crippen LogP contribution in [0.4, 0.5) is 5.69 Å². The van der Waals surface area contributed by atoms with Crippen molar-refractivity contribution in [3.63, 3.8) is 0 Å². The molecule has 1 N–H and O–H groups in total. The molecule has 0 saturated heterocycles. The molecule has 26 heavy (non-hydrogen) atoms. The number of nitrogens with zero attached hydrogens (tertiary/aromatic N) is 2. The Bertz CT molecular complexity index is 999. The van der Waals surface area contributed by atoms with Crippen LogP contribution in [-0.2, 0) is 16.4 Å². The van der Waals surface area contributed by atoms with Gasteiger partial charge in [0.25, 0.3) is 10.0 Å². The van der Waals surface area contributed by atoms with Crippen LogP contribution in [-0.4, -0.2) is 25.2 Å². The van der Waals surface area contributed by atoms with Gasteiger partial charge in [-0.05, 0) is 37.6 Å². The van der Waals surface area contributed by atoms with Crippen molar-refractivity contribution in [2.75, 3.05) is 11.3 Å². The monoisotopic (exact) mass is 373 g/mol. The Kier molecular flexibility index (Phi) is 5.22. The third-order valence-electron chi connectivity index (χ3n) is 3.61. The summed E-state index contributed by atoms with van der Waals surface area (Å²) >= 11 is 0. The molecule has 0 radical (unpaired) electrons. The number of hydrogen-bond acceptors (Lipinski definition) is 6. The van der Waals surface area contributed by atoms with E-state index in [1.807, 2.05) is 12.1 Å². The standard InChI is InChI=1S/C18H19N3O4S/c1-3-24-16-10-6-7-11-17(16)26(22,23)21-15-9-5-4-8-14(15)12-18-19-13(2)20-25-18/h4-11,21H,3,12H2,1-2H3. The summed E-state index contributed by atoms with van der Waals surface area (Å²) in [5, 5.41) is 3.76. The van der Waals surface area contributed by atoms with E-state index in [4.69, 9.17) is 9.26 Å². The van der Waals surface area contributed by atoms with Gasteiger partial charge in [-0.3, -0.25) is 4.72 Å². The lowest BCUT2D eigenvalue weighted by atomic mass is 10.1. The summed E-state index contributed by atoms with van der Waals surface area (Å²) in [6, 6.07) is 13.6. The number of nitrogens with one attached hydrogen (secondary N) is 1. The van der Waals surface area contributed by atoms with Crippen LogP contribution in [0.25, 0.3) is 0 Å². The van der Waals surface area contributed by atoms with Gasteiger partial charge in [-0.15, -0.1) is 0 Å². The first-order valence-corrected chi connectivity index (χ1v) is 9.59. The van der Waals surface area contributed by atoms with Gasteiger partial charge in [-0.2, -0.15) is 4.98 Å². The van der Waals surface area contributed by atoms with Crippen LogP contribution in [0.3, 0.4) is 0 Å². The van der Waals surface area contributed by atoms with Crippen molar-refractivity contribution in [3.05, 3.63) is 65.8 Å². The summed E-state index contributed by atoms with van der Waals surface area (Å²) in [5.74, 6) is 1.26. The largest absolute Gasteiger partial charge is 0.492 e. The third kappa shape index (κ3) is 4.02.